The lowest BCUT2D eigenvalue weighted by atomic mass is 9.99. The van der Waals surface area contributed by atoms with Crippen molar-refractivity contribution in [1.29, 1.82) is 0 Å². The summed E-state index contributed by atoms with van der Waals surface area (Å²) in [5, 5.41) is 11.2. The maximum Gasteiger partial charge on any atom is 0.288 e. The van der Waals surface area contributed by atoms with Crippen molar-refractivity contribution in [1.82, 2.24) is 4.90 Å². The zero-order valence-corrected chi connectivity index (χ0v) is 11.0. The van der Waals surface area contributed by atoms with Crippen molar-refractivity contribution in [3.63, 3.8) is 0 Å². The normalized spacial score (nSPS) is 28.6. The highest BCUT2D eigenvalue weighted by atomic mass is 16.6. The number of aliphatic imine (C=N–C) groups is 1. The van der Waals surface area contributed by atoms with Gasteiger partial charge in [0.15, 0.2) is 0 Å². The minimum Gasteiger partial charge on any atom is -0.351 e. The molecule has 2 aliphatic heterocycles. The van der Waals surface area contributed by atoms with Crippen molar-refractivity contribution < 1.29 is 4.92 Å². The van der Waals surface area contributed by atoms with E-state index in [-0.39, 0.29) is 4.92 Å². The summed E-state index contributed by atoms with van der Waals surface area (Å²) in [5.74, 6) is 1.34. The fourth-order valence-corrected chi connectivity index (χ4v) is 2.52. The second-order valence-electron chi connectivity index (χ2n) is 5.25. The summed E-state index contributed by atoms with van der Waals surface area (Å²) in [7, 11) is 0. The fraction of sp³-hybridized carbons (Fsp3) is 0.769. The van der Waals surface area contributed by atoms with Crippen LogP contribution in [0.3, 0.4) is 0 Å². The predicted octanol–water partition coefficient (Wildman–Crippen LogP) is 2.81. The van der Waals surface area contributed by atoms with Crippen LogP contribution in [0, 0.1) is 16.0 Å². The molecule has 0 atom stereocenters. The second-order valence-corrected chi connectivity index (χ2v) is 5.25. The van der Waals surface area contributed by atoms with E-state index in [1.807, 2.05) is 6.21 Å². The van der Waals surface area contributed by atoms with Crippen molar-refractivity contribution in [2.75, 3.05) is 13.1 Å². The average molecular weight is 251 g/mol. The first-order valence-corrected chi connectivity index (χ1v) is 6.83. The molecule has 5 nitrogen and oxygen atoms in total. The lowest BCUT2D eigenvalue weighted by Gasteiger charge is -2.31. The van der Waals surface area contributed by atoms with E-state index in [2.05, 4.69) is 16.8 Å². The third-order valence-electron chi connectivity index (χ3n) is 3.77. The monoisotopic (exact) mass is 251 g/mol. The Bertz CT molecular complexity index is 368. The molecular formula is C13H21N3O2. The van der Waals surface area contributed by atoms with Gasteiger partial charge in [0.05, 0.1) is 4.92 Å². The first kappa shape index (κ1) is 13.1. The number of nitro groups is 1. The third kappa shape index (κ3) is 3.09. The van der Waals surface area contributed by atoms with Crippen LogP contribution >= 0.6 is 0 Å². The molecule has 0 unspecified atom stereocenters. The maximum atomic E-state index is 11.2. The fourth-order valence-electron chi connectivity index (χ4n) is 2.52. The third-order valence-corrected chi connectivity index (χ3v) is 3.77. The van der Waals surface area contributed by atoms with Crippen LogP contribution in [0.15, 0.2) is 16.5 Å². The highest BCUT2D eigenvalue weighted by molar-refractivity contribution is 5.59. The van der Waals surface area contributed by atoms with Gasteiger partial charge in [-0.2, -0.15) is 0 Å². The molecule has 0 aromatic rings. The van der Waals surface area contributed by atoms with E-state index < -0.39 is 0 Å². The molecule has 0 spiro atoms. The highest BCUT2D eigenvalue weighted by Gasteiger charge is 2.26. The summed E-state index contributed by atoms with van der Waals surface area (Å²) in [6.07, 6.45) is 7.40. The lowest BCUT2D eigenvalue weighted by Crippen LogP contribution is -2.33. The molecule has 2 heterocycles. The first-order chi connectivity index (χ1) is 8.68. The molecule has 2 rings (SSSR count). The number of nitrogens with zero attached hydrogens (tertiary/aromatic N) is 3. The van der Waals surface area contributed by atoms with Crippen LogP contribution in [0.1, 0.15) is 45.4 Å². The predicted molar refractivity (Wildman–Crippen MR) is 71.0 cm³/mol. The van der Waals surface area contributed by atoms with Crippen LogP contribution in [-0.2, 0) is 0 Å². The second kappa shape index (κ2) is 5.98. The Labute approximate surface area is 108 Å². The van der Waals surface area contributed by atoms with E-state index in [1.165, 1.54) is 0 Å². The molecule has 1 saturated heterocycles. The molecule has 0 aromatic carbocycles. The molecule has 0 N–H and O–H groups in total. The molecule has 0 radical (unpaired) electrons. The average Bonchev–Trinajstić information content (AvgIpc) is 2.30. The quantitative estimate of drug-likeness (QED) is 0.560. The van der Waals surface area contributed by atoms with Gasteiger partial charge in [-0.15, -0.1) is 0 Å². The van der Waals surface area contributed by atoms with Gasteiger partial charge in [-0.25, -0.2) is 4.99 Å². The van der Waals surface area contributed by atoms with Crippen LogP contribution in [0.2, 0.25) is 0 Å². The van der Waals surface area contributed by atoms with Gasteiger partial charge in [-0.1, -0.05) is 6.92 Å². The summed E-state index contributed by atoms with van der Waals surface area (Å²) >= 11 is 0. The van der Waals surface area contributed by atoms with Gasteiger partial charge < -0.3 is 4.90 Å². The summed E-state index contributed by atoms with van der Waals surface area (Å²) in [6, 6.07) is 0. The van der Waals surface area contributed by atoms with Crippen LogP contribution in [0.5, 0.6) is 0 Å². The zero-order chi connectivity index (χ0) is 13.0. The first-order valence-electron chi connectivity index (χ1n) is 6.83. The molecular weight excluding hydrogens is 230 g/mol. The number of allylic oxidation sites excluding steroid dienone is 1. The van der Waals surface area contributed by atoms with E-state index in [0.29, 0.717) is 17.9 Å². The topological polar surface area (TPSA) is 58.7 Å². The van der Waals surface area contributed by atoms with Gasteiger partial charge in [0, 0.05) is 25.7 Å². The summed E-state index contributed by atoms with van der Waals surface area (Å²) in [6.45, 7) is 4.03. The van der Waals surface area contributed by atoms with Crippen molar-refractivity contribution in [3.05, 3.63) is 21.6 Å². The summed E-state index contributed by atoms with van der Waals surface area (Å²) < 4.78 is 0. The van der Waals surface area contributed by atoms with E-state index in [0.717, 1.165) is 51.1 Å². The Morgan fingerprint density at radius 1 is 1.39 bits per heavy atom. The number of hydrogen-bond acceptors (Lipinski definition) is 4. The van der Waals surface area contributed by atoms with Crippen LogP contribution in [-0.4, -0.2) is 29.1 Å². The van der Waals surface area contributed by atoms with E-state index >= 15 is 0 Å². The van der Waals surface area contributed by atoms with Gasteiger partial charge in [0.1, 0.15) is 0 Å². The highest BCUT2D eigenvalue weighted by Crippen LogP contribution is 2.25. The molecule has 0 aliphatic carbocycles. The lowest BCUT2D eigenvalue weighted by molar-refractivity contribution is -0.430. The molecule has 18 heavy (non-hydrogen) atoms. The molecule has 2 aliphatic rings. The molecule has 0 amide bonds. The van der Waals surface area contributed by atoms with E-state index in [1.54, 1.807) is 0 Å². The Kier molecular flexibility index (Phi) is 4.33. The summed E-state index contributed by atoms with van der Waals surface area (Å²) in [4.78, 5) is 17.4. The van der Waals surface area contributed by atoms with Gasteiger partial charge in [0.2, 0.25) is 5.82 Å². The van der Waals surface area contributed by atoms with E-state index in [9.17, 15) is 10.1 Å². The minimum atomic E-state index is -0.240. The number of likely N-dealkylation sites (tertiary alicyclic amines) is 1. The molecule has 0 aromatic heterocycles. The van der Waals surface area contributed by atoms with Gasteiger partial charge in [0.25, 0.3) is 5.70 Å². The molecule has 0 bridgehead atoms. The molecule has 1 fully saturated rings. The molecule has 5 heteroatoms. The number of hydrogen-bond donors (Lipinski definition) is 0. The molecule has 100 valence electrons. The van der Waals surface area contributed by atoms with Gasteiger partial charge >= 0.3 is 0 Å². The smallest absolute Gasteiger partial charge is 0.288 e. The maximum absolute atomic E-state index is 11.2. The SMILES string of the molecule is CC1CCN(C2=C(\[N+](=O)[O-])CCCC/C=N\2)CC1. The molecule has 0 saturated carbocycles. The van der Waals surface area contributed by atoms with Crippen molar-refractivity contribution >= 4 is 6.21 Å². The van der Waals surface area contributed by atoms with Crippen LogP contribution in [0.4, 0.5) is 0 Å². The van der Waals surface area contributed by atoms with E-state index in [4.69, 9.17) is 0 Å². The number of rotatable bonds is 2. The van der Waals surface area contributed by atoms with Crippen molar-refractivity contribution in [2.45, 2.75) is 45.4 Å². The summed E-state index contributed by atoms with van der Waals surface area (Å²) in [5.41, 5.74) is 0.306. The van der Waals surface area contributed by atoms with Gasteiger partial charge in [-0.05, 0) is 38.0 Å². The van der Waals surface area contributed by atoms with Crippen molar-refractivity contribution in [2.24, 2.45) is 10.9 Å². The Hall–Kier alpha value is -1.39. The number of piperidine rings is 1. The van der Waals surface area contributed by atoms with Crippen LogP contribution < -0.4 is 0 Å². The Balaban J connectivity index is 2.22. The Morgan fingerprint density at radius 3 is 2.78 bits per heavy atom. The Morgan fingerprint density at radius 2 is 2.11 bits per heavy atom. The minimum absolute atomic E-state index is 0.240. The standard InChI is InChI=1S/C13H21N3O2/c1-11-6-9-15(10-7-11)13-12(16(17)18)5-3-2-4-8-14-13/h8,11H,2-7,9-10H2,1H3/b13-12-,14-8-. The van der Waals surface area contributed by atoms with Crippen molar-refractivity contribution in [3.8, 4) is 0 Å². The largest absolute Gasteiger partial charge is 0.351 e. The van der Waals surface area contributed by atoms with Crippen LogP contribution in [0.25, 0.3) is 0 Å². The van der Waals surface area contributed by atoms with Gasteiger partial charge in [-0.3, -0.25) is 10.1 Å². The zero-order valence-electron chi connectivity index (χ0n) is 11.0.